The Morgan fingerprint density at radius 1 is 1.36 bits per heavy atom. The van der Waals surface area contributed by atoms with E-state index in [1.54, 1.807) is 12.3 Å². The third-order valence-corrected chi connectivity index (χ3v) is 5.56. The number of rotatable bonds is 7. The fourth-order valence-electron chi connectivity index (χ4n) is 2.14. The molecule has 0 N–H and O–H groups in total. The Bertz CT molecular complexity index is 824. The van der Waals surface area contributed by atoms with Crippen LogP contribution in [-0.2, 0) is 14.3 Å². The summed E-state index contributed by atoms with van der Waals surface area (Å²) < 4.78 is 5.02. The Labute approximate surface area is 155 Å². The maximum Gasteiger partial charge on any atom is 0.316 e. The highest BCUT2D eigenvalue weighted by atomic mass is 32.2. The number of esters is 1. The molecule has 1 aromatic heterocycles. The topological polar surface area (TPSA) is 80.0 Å². The first-order chi connectivity index (χ1) is 11.9. The van der Waals surface area contributed by atoms with Crippen LogP contribution < -0.4 is 0 Å². The number of hydrogen-bond acceptors (Lipinski definition) is 7. The maximum absolute atomic E-state index is 12.1. The molecule has 1 aromatic carbocycles. The van der Waals surface area contributed by atoms with Gasteiger partial charge in [-0.1, -0.05) is 17.7 Å². The van der Waals surface area contributed by atoms with Crippen molar-refractivity contribution in [2.45, 2.75) is 31.6 Å². The number of ether oxygens (including phenoxy) is 1. The summed E-state index contributed by atoms with van der Waals surface area (Å²) in [5.74, 6) is -1.81. The molecule has 0 saturated heterocycles. The SMILES string of the molecule is Cc1ccc(SCC(=O)OCC(=O)[C@H](C#N)c2nc(C)cs2)c(C)c1. The molecule has 0 aliphatic heterocycles. The molecule has 0 aliphatic rings. The Morgan fingerprint density at radius 2 is 2.12 bits per heavy atom. The zero-order valence-corrected chi connectivity index (χ0v) is 15.9. The number of ketones is 1. The zero-order chi connectivity index (χ0) is 18.4. The van der Waals surface area contributed by atoms with Crippen LogP contribution in [0.5, 0.6) is 0 Å². The van der Waals surface area contributed by atoms with Crippen molar-refractivity contribution < 1.29 is 14.3 Å². The number of thioether (sulfide) groups is 1. The summed E-state index contributed by atoms with van der Waals surface area (Å²) in [6, 6.07) is 7.92. The number of Topliss-reactive ketones (excluding diaryl/α,β-unsaturated/α-hetero) is 1. The van der Waals surface area contributed by atoms with Crippen LogP contribution in [-0.4, -0.2) is 29.1 Å². The molecular weight excluding hydrogens is 356 g/mol. The molecule has 0 saturated carbocycles. The van der Waals surface area contributed by atoms with E-state index < -0.39 is 24.3 Å². The van der Waals surface area contributed by atoms with E-state index in [9.17, 15) is 14.9 Å². The van der Waals surface area contributed by atoms with Crippen molar-refractivity contribution in [3.05, 3.63) is 45.4 Å². The summed E-state index contributed by atoms with van der Waals surface area (Å²) in [6.45, 7) is 5.38. The van der Waals surface area contributed by atoms with Crippen LogP contribution in [0.4, 0.5) is 0 Å². The minimum absolute atomic E-state index is 0.116. The number of nitriles is 1. The Kier molecular flexibility index (Phi) is 6.73. The summed E-state index contributed by atoms with van der Waals surface area (Å²) in [6.07, 6.45) is 0. The fourth-order valence-corrected chi connectivity index (χ4v) is 3.81. The van der Waals surface area contributed by atoms with Gasteiger partial charge in [-0.25, -0.2) is 4.98 Å². The summed E-state index contributed by atoms with van der Waals surface area (Å²) in [5, 5.41) is 11.4. The predicted octanol–water partition coefficient (Wildman–Crippen LogP) is 3.58. The first kappa shape index (κ1) is 19.2. The number of benzene rings is 1. The molecule has 0 spiro atoms. The lowest BCUT2D eigenvalue weighted by Gasteiger charge is -2.08. The molecule has 5 nitrogen and oxygen atoms in total. The standard InChI is InChI=1S/C18H18N2O3S2/c1-11-4-5-16(12(2)6-11)24-10-17(22)23-8-15(21)14(7-19)18-20-13(3)9-25-18/h4-6,9,14H,8,10H2,1-3H3/t14-/m0/s1. The lowest BCUT2D eigenvalue weighted by Crippen LogP contribution is -2.20. The Hall–Kier alpha value is -2.17. The van der Waals surface area contributed by atoms with Gasteiger partial charge < -0.3 is 4.74 Å². The molecular formula is C18H18N2O3S2. The normalized spacial score (nSPS) is 11.6. The highest BCUT2D eigenvalue weighted by Crippen LogP contribution is 2.24. The molecule has 7 heteroatoms. The second kappa shape index (κ2) is 8.79. The van der Waals surface area contributed by atoms with Gasteiger partial charge in [-0.15, -0.1) is 23.1 Å². The van der Waals surface area contributed by atoms with Crippen molar-refractivity contribution in [2.75, 3.05) is 12.4 Å². The van der Waals surface area contributed by atoms with Gasteiger partial charge >= 0.3 is 5.97 Å². The van der Waals surface area contributed by atoms with Gasteiger partial charge in [-0.05, 0) is 32.4 Å². The van der Waals surface area contributed by atoms with E-state index in [1.807, 2.05) is 38.1 Å². The number of aromatic nitrogens is 1. The minimum atomic E-state index is -0.988. The molecule has 2 rings (SSSR count). The average molecular weight is 374 g/mol. The number of thiazole rings is 1. The van der Waals surface area contributed by atoms with Crippen molar-refractivity contribution in [3.8, 4) is 6.07 Å². The molecule has 0 amide bonds. The molecule has 2 aromatic rings. The van der Waals surface area contributed by atoms with Gasteiger partial charge in [0.15, 0.2) is 18.3 Å². The van der Waals surface area contributed by atoms with Gasteiger partial charge in [0.1, 0.15) is 5.01 Å². The summed E-state index contributed by atoms with van der Waals surface area (Å²) in [7, 11) is 0. The fraction of sp³-hybridized carbons (Fsp3) is 0.333. The Balaban J connectivity index is 1.84. The van der Waals surface area contributed by atoms with Crippen LogP contribution in [0.15, 0.2) is 28.5 Å². The van der Waals surface area contributed by atoms with Crippen molar-refractivity contribution >= 4 is 34.9 Å². The quantitative estimate of drug-likeness (QED) is 0.544. The van der Waals surface area contributed by atoms with Gasteiger partial charge in [-0.3, -0.25) is 9.59 Å². The molecule has 130 valence electrons. The molecule has 1 atom stereocenters. The third-order valence-electron chi connectivity index (χ3n) is 3.39. The maximum atomic E-state index is 12.1. The third kappa shape index (κ3) is 5.41. The number of hydrogen-bond donors (Lipinski definition) is 0. The van der Waals surface area contributed by atoms with Crippen LogP contribution in [0.2, 0.25) is 0 Å². The van der Waals surface area contributed by atoms with E-state index in [0.29, 0.717) is 5.01 Å². The second-order valence-electron chi connectivity index (χ2n) is 5.57. The van der Waals surface area contributed by atoms with Gasteiger partial charge in [0.05, 0.1) is 11.8 Å². The first-order valence-corrected chi connectivity index (χ1v) is 9.47. The average Bonchev–Trinajstić information content (AvgIpc) is 2.99. The minimum Gasteiger partial charge on any atom is -0.457 e. The highest BCUT2D eigenvalue weighted by Gasteiger charge is 2.24. The van der Waals surface area contributed by atoms with Crippen molar-refractivity contribution in [2.24, 2.45) is 0 Å². The van der Waals surface area contributed by atoms with Gasteiger partial charge in [0.2, 0.25) is 0 Å². The Morgan fingerprint density at radius 3 is 2.72 bits per heavy atom. The van der Waals surface area contributed by atoms with Crippen LogP contribution in [0.25, 0.3) is 0 Å². The monoisotopic (exact) mass is 374 g/mol. The number of carbonyl (C=O) groups is 2. The number of nitrogens with zero attached hydrogens (tertiary/aromatic N) is 2. The molecule has 0 bridgehead atoms. The largest absolute Gasteiger partial charge is 0.457 e. The molecule has 0 radical (unpaired) electrons. The van der Waals surface area contributed by atoms with Crippen LogP contribution in [0, 0.1) is 32.1 Å². The van der Waals surface area contributed by atoms with Crippen molar-refractivity contribution in [1.29, 1.82) is 5.26 Å². The number of carbonyl (C=O) groups excluding carboxylic acids is 2. The smallest absolute Gasteiger partial charge is 0.316 e. The summed E-state index contributed by atoms with van der Waals surface area (Å²) >= 11 is 2.62. The molecule has 0 fully saturated rings. The predicted molar refractivity (Wildman–Crippen MR) is 97.8 cm³/mol. The van der Waals surface area contributed by atoms with E-state index in [-0.39, 0.29) is 5.75 Å². The van der Waals surface area contributed by atoms with Crippen molar-refractivity contribution in [1.82, 2.24) is 4.98 Å². The lowest BCUT2D eigenvalue weighted by molar-refractivity contribution is -0.145. The van der Waals surface area contributed by atoms with E-state index in [4.69, 9.17) is 4.74 Å². The van der Waals surface area contributed by atoms with E-state index in [2.05, 4.69) is 4.98 Å². The lowest BCUT2D eigenvalue weighted by atomic mass is 10.1. The van der Waals surface area contributed by atoms with Crippen LogP contribution in [0.3, 0.4) is 0 Å². The van der Waals surface area contributed by atoms with Gasteiger partial charge in [0.25, 0.3) is 0 Å². The number of aryl methyl sites for hydroxylation is 3. The zero-order valence-electron chi connectivity index (χ0n) is 14.2. The van der Waals surface area contributed by atoms with Gasteiger partial charge in [0, 0.05) is 16.0 Å². The van der Waals surface area contributed by atoms with E-state index in [1.165, 1.54) is 23.1 Å². The van der Waals surface area contributed by atoms with Crippen LogP contribution >= 0.6 is 23.1 Å². The summed E-state index contributed by atoms with van der Waals surface area (Å²) in [5.41, 5.74) is 3.02. The van der Waals surface area contributed by atoms with E-state index >= 15 is 0 Å². The van der Waals surface area contributed by atoms with Crippen LogP contribution in [0.1, 0.15) is 27.7 Å². The van der Waals surface area contributed by atoms with Crippen molar-refractivity contribution in [3.63, 3.8) is 0 Å². The molecule has 25 heavy (non-hydrogen) atoms. The molecule has 0 unspecified atom stereocenters. The second-order valence-corrected chi connectivity index (χ2v) is 7.48. The first-order valence-electron chi connectivity index (χ1n) is 7.60. The molecule has 0 aliphatic carbocycles. The van der Waals surface area contributed by atoms with Gasteiger partial charge in [-0.2, -0.15) is 5.26 Å². The highest BCUT2D eigenvalue weighted by molar-refractivity contribution is 8.00. The van der Waals surface area contributed by atoms with E-state index in [0.717, 1.165) is 21.7 Å². The summed E-state index contributed by atoms with van der Waals surface area (Å²) in [4.78, 5) is 29.1. The molecule has 1 heterocycles.